The van der Waals surface area contributed by atoms with Crippen LogP contribution in [0.25, 0.3) is 0 Å². The molecule has 0 bridgehead atoms. The van der Waals surface area contributed by atoms with Crippen molar-refractivity contribution < 1.29 is 4.79 Å². The zero-order valence-corrected chi connectivity index (χ0v) is 11.7. The third-order valence-corrected chi connectivity index (χ3v) is 5.00. The summed E-state index contributed by atoms with van der Waals surface area (Å²) in [6, 6.07) is 8.28. The second-order valence-corrected chi connectivity index (χ2v) is 6.53. The first-order valence-corrected chi connectivity index (χ1v) is 7.62. The lowest BCUT2D eigenvalue weighted by atomic mass is 10.1. The summed E-state index contributed by atoms with van der Waals surface area (Å²) in [4.78, 5) is 15.7. The van der Waals surface area contributed by atoms with Gasteiger partial charge >= 0.3 is 0 Å². The van der Waals surface area contributed by atoms with Gasteiger partial charge in [-0.25, -0.2) is 0 Å². The summed E-state index contributed by atoms with van der Waals surface area (Å²) >= 11 is 1.69. The van der Waals surface area contributed by atoms with Crippen molar-refractivity contribution in [3.63, 3.8) is 0 Å². The number of rotatable bonds is 4. The SMILES string of the molecule is C#CCN(CC1CC1)C(=O)C1Cc2ccccc2S1. The van der Waals surface area contributed by atoms with Crippen LogP contribution in [0.4, 0.5) is 0 Å². The average molecular weight is 271 g/mol. The molecule has 1 amide bonds. The Labute approximate surface area is 118 Å². The number of nitrogens with zero attached hydrogens (tertiary/aromatic N) is 1. The molecule has 3 heteroatoms. The first-order chi connectivity index (χ1) is 9.28. The molecule has 1 aliphatic heterocycles. The fraction of sp³-hybridized carbons (Fsp3) is 0.438. The molecule has 1 aromatic rings. The first kappa shape index (κ1) is 12.6. The number of amides is 1. The molecule has 1 heterocycles. The number of thioether (sulfide) groups is 1. The molecule has 1 unspecified atom stereocenters. The summed E-state index contributed by atoms with van der Waals surface area (Å²) < 4.78 is 0. The molecule has 0 aromatic heterocycles. The lowest BCUT2D eigenvalue weighted by Gasteiger charge is -2.23. The fourth-order valence-corrected chi connectivity index (χ4v) is 3.76. The first-order valence-electron chi connectivity index (χ1n) is 6.74. The van der Waals surface area contributed by atoms with Gasteiger partial charge in [-0.15, -0.1) is 18.2 Å². The minimum Gasteiger partial charge on any atom is -0.330 e. The topological polar surface area (TPSA) is 20.3 Å². The number of fused-ring (bicyclic) bond motifs is 1. The molecular weight excluding hydrogens is 254 g/mol. The minimum atomic E-state index is 0.0181. The predicted molar refractivity (Wildman–Crippen MR) is 77.9 cm³/mol. The minimum absolute atomic E-state index is 0.0181. The molecule has 2 aliphatic rings. The van der Waals surface area contributed by atoms with Gasteiger partial charge in [0.1, 0.15) is 0 Å². The maximum atomic E-state index is 12.6. The zero-order valence-electron chi connectivity index (χ0n) is 10.8. The van der Waals surface area contributed by atoms with Crippen molar-refractivity contribution in [1.29, 1.82) is 0 Å². The standard InChI is InChI=1S/C16H17NOS/c1-2-9-17(11-12-7-8-12)16(18)15-10-13-5-3-4-6-14(13)19-15/h1,3-6,12,15H,7-11H2. The van der Waals surface area contributed by atoms with Gasteiger partial charge in [0.05, 0.1) is 11.8 Å². The van der Waals surface area contributed by atoms with Gasteiger partial charge < -0.3 is 4.90 Å². The normalized spacial score (nSPS) is 20.7. The molecule has 1 atom stereocenters. The summed E-state index contributed by atoms with van der Waals surface area (Å²) in [6.45, 7) is 1.29. The summed E-state index contributed by atoms with van der Waals surface area (Å²) in [7, 11) is 0. The molecule has 0 N–H and O–H groups in total. The van der Waals surface area contributed by atoms with Crippen LogP contribution in [-0.4, -0.2) is 29.1 Å². The number of hydrogen-bond acceptors (Lipinski definition) is 2. The van der Waals surface area contributed by atoms with Gasteiger partial charge in [-0.05, 0) is 36.8 Å². The van der Waals surface area contributed by atoms with Crippen LogP contribution < -0.4 is 0 Å². The molecule has 0 spiro atoms. The van der Waals surface area contributed by atoms with Crippen LogP contribution in [0.15, 0.2) is 29.2 Å². The lowest BCUT2D eigenvalue weighted by Crippen LogP contribution is -2.39. The van der Waals surface area contributed by atoms with Crippen molar-refractivity contribution >= 4 is 17.7 Å². The molecule has 19 heavy (non-hydrogen) atoms. The summed E-state index contributed by atoms with van der Waals surface area (Å²) in [6.07, 6.45) is 8.72. The number of hydrogen-bond donors (Lipinski definition) is 0. The molecule has 1 saturated carbocycles. The van der Waals surface area contributed by atoms with E-state index in [0.717, 1.165) is 13.0 Å². The van der Waals surface area contributed by atoms with Crippen molar-refractivity contribution in [2.24, 2.45) is 5.92 Å². The average Bonchev–Trinajstić information content (AvgIpc) is 3.13. The Balaban J connectivity index is 1.68. The quantitative estimate of drug-likeness (QED) is 0.785. The van der Waals surface area contributed by atoms with Gasteiger partial charge in [0.15, 0.2) is 0 Å². The van der Waals surface area contributed by atoms with E-state index < -0.39 is 0 Å². The molecule has 1 aromatic carbocycles. The van der Waals surface area contributed by atoms with Crippen LogP contribution in [0.5, 0.6) is 0 Å². The molecule has 0 saturated heterocycles. The molecule has 2 nitrogen and oxygen atoms in total. The van der Waals surface area contributed by atoms with E-state index in [2.05, 4.69) is 18.1 Å². The van der Waals surface area contributed by atoms with Gasteiger partial charge in [0.2, 0.25) is 5.91 Å². The van der Waals surface area contributed by atoms with E-state index in [1.54, 1.807) is 11.8 Å². The Kier molecular flexibility index (Phi) is 3.52. The van der Waals surface area contributed by atoms with Crippen LogP contribution in [-0.2, 0) is 11.2 Å². The maximum Gasteiger partial charge on any atom is 0.237 e. The van der Waals surface area contributed by atoms with Crippen LogP contribution in [0, 0.1) is 18.3 Å². The summed E-state index contributed by atoms with van der Waals surface area (Å²) in [5.74, 6) is 3.52. The van der Waals surface area contributed by atoms with E-state index in [-0.39, 0.29) is 11.2 Å². The molecular formula is C16H17NOS. The van der Waals surface area contributed by atoms with Gasteiger partial charge in [-0.2, -0.15) is 0 Å². The molecule has 98 valence electrons. The molecule has 0 radical (unpaired) electrons. The van der Waals surface area contributed by atoms with Crippen molar-refractivity contribution in [3.8, 4) is 12.3 Å². The molecule has 3 rings (SSSR count). The Bertz CT molecular complexity index is 505. The fourth-order valence-electron chi connectivity index (χ4n) is 2.48. The monoisotopic (exact) mass is 271 g/mol. The van der Waals surface area contributed by atoms with Gasteiger partial charge in [0, 0.05) is 11.4 Å². The Hall–Kier alpha value is -1.40. The van der Waals surface area contributed by atoms with Crippen molar-refractivity contribution in [2.45, 2.75) is 29.4 Å². The second-order valence-electron chi connectivity index (χ2n) is 5.28. The van der Waals surface area contributed by atoms with Crippen molar-refractivity contribution in [1.82, 2.24) is 4.90 Å². The van der Waals surface area contributed by atoms with E-state index in [9.17, 15) is 4.79 Å². The number of carbonyl (C=O) groups is 1. The van der Waals surface area contributed by atoms with Gasteiger partial charge in [0.25, 0.3) is 0 Å². The highest BCUT2D eigenvalue weighted by Gasteiger charge is 2.33. The highest BCUT2D eigenvalue weighted by Crippen LogP contribution is 2.38. The lowest BCUT2D eigenvalue weighted by molar-refractivity contribution is -0.130. The third kappa shape index (κ3) is 2.79. The number of terminal acetylenes is 1. The molecule has 1 aliphatic carbocycles. The summed E-state index contributed by atoms with van der Waals surface area (Å²) in [5.41, 5.74) is 1.29. The summed E-state index contributed by atoms with van der Waals surface area (Å²) in [5, 5.41) is 0.0181. The van der Waals surface area contributed by atoms with Crippen LogP contribution >= 0.6 is 11.8 Å². The zero-order chi connectivity index (χ0) is 13.2. The van der Waals surface area contributed by atoms with E-state index in [1.807, 2.05) is 17.0 Å². The number of carbonyl (C=O) groups excluding carboxylic acids is 1. The Morgan fingerprint density at radius 3 is 2.89 bits per heavy atom. The van der Waals surface area contributed by atoms with E-state index >= 15 is 0 Å². The van der Waals surface area contributed by atoms with Crippen LogP contribution in [0.2, 0.25) is 0 Å². The maximum absolute atomic E-state index is 12.6. The van der Waals surface area contributed by atoms with Crippen LogP contribution in [0.1, 0.15) is 18.4 Å². The largest absolute Gasteiger partial charge is 0.330 e. The molecule has 1 fully saturated rings. The van der Waals surface area contributed by atoms with E-state index in [0.29, 0.717) is 12.5 Å². The highest BCUT2D eigenvalue weighted by atomic mass is 32.2. The highest BCUT2D eigenvalue weighted by molar-refractivity contribution is 8.01. The third-order valence-electron chi connectivity index (χ3n) is 3.69. The van der Waals surface area contributed by atoms with Gasteiger partial charge in [-0.3, -0.25) is 4.79 Å². The van der Waals surface area contributed by atoms with Crippen LogP contribution in [0.3, 0.4) is 0 Å². The van der Waals surface area contributed by atoms with Crippen molar-refractivity contribution in [3.05, 3.63) is 29.8 Å². The Morgan fingerprint density at radius 2 is 2.21 bits per heavy atom. The second kappa shape index (κ2) is 5.30. The Morgan fingerprint density at radius 1 is 1.42 bits per heavy atom. The van der Waals surface area contributed by atoms with Gasteiger partial charge in [-0.1, -0.05) is 24.1 Å². The van der Waals surface area contributed by atoms with Crippen molar-refractivity contribution in [2.75, 3.05) is 13.1 Å². The predicted octanol–water partition coefficient (Wildman–Crippen LogP) is 2.58. The smallest absolute Gasteiger partial charge is 0.237 e. The van der Waals surface area contributed by atoms with E-state index in [4.69, 9.17) is 6.42 Å². The van der Waals surface area contributed by atoms with E-state index in [1.165, 1.54) is 23.3 Å². The number of benzene rings is 1.